The highest BCUT2D eigenvalue weighted by molar-refractivity contribution is 6.17. The van der Waals surface area contributed by atoms with Gasteiger partial charge in [-0.15, -0.1) is 11.6 Å². The molecule has 20 heavy (non-hydrogen) atoms. The minimum absolute atomic E-state index is 0.592. The van der Waals surface area contributed by atoms with E-state index in [9.17, 15) is 0 Å². The second-order valence-corrected chi connectivity index (χ2v) is 5.48. The molecule has 1 aromatic carbocycles. The lowest BCUT2D eigenvalue weighted by molar-refractivity contribution is 0.301. The van der Waals surface area contributed by atoms with Crippen LogP contribution in [0.15, 0.2) is 18.2 Å². The van der Waals surface area contributed by atoms with E-state index in [1.807, 2.05) is 0 Å². The molecule has 0 spiro atoms. The van der Waals surface area contributed by atoms with E-state index < -0.39 is 0 Å². The summed E-state index contributed by atoms with van der Waals surface area (Å²) in [7, 11) is 0. The quantitative estimate of drug-likeness (QED) is 0.627. The van der Waals surface area contributed by atoms with E-state index in [0.717, 1.165) is 26.2 Å². The SMILES string of the molecule is CCN(CC)CCCN(CC)c1ccc(CCl)cc1C. The highest BCUT2D eigenvalue weighted by Crippen LogP contribution is 2.22. The van der Waals surface area contributed by atoms with Crippen LogP contribution < -0.4 is 4.90 Å². The number of aryl methyl sites for hydroxylation is 1. The van der Waals surface area contributed by atoms with Crippen LogP contribution in [-0.4, -0.2) is 37.6 Å². The Balaban J connectivity index is 2.62. The summed E-state index contributed by atoms with van der Waals surface area (Å²) >= 11 is 5.90. The topological polar surface area (TPSA) is 6.48 Å². The number of anilines is 1. The van der Waals surface area contributed by atoms with Crippen molar-refractivity contribution in [1.29, 1.82) is 0 Å². The molecule has 0 radical (unpaired) electrons. The summed E-state index contributed by atoms with van der Waals surface area (Å²) in [6.07, 6.45) is 1.21. The molecule has 0 fully saturated rings. The van der Waals surface area contributed by atoms with Gasteiger partial charge in [0.15, 0.2) is 0 Å². The van der Waals surface area contributed by atoms with Crippen molar-refractivity contribution in [1.82, 2.24) is 4.90 Å². The zero-order valence-corrected chi connectivity index (χ0v) is 14.2. The van der Waals surface area contributed by atoms with E-state index in [4.69, 9.17) is 11.6 Å². The summed E-state index contributed by atoms with van der Waals surface area (Å²) in [4.78, 5) is 4.95. The van der Waals surface area contributed by atoms with Crippen LogP contribution in [0.2, 0.25) is 0 Å². The van der Waals surface area contributed by atoms with Crippen LogP contribution >= 0.6 is 11.6 Å². The summed E-state index contributed by atoms with van der Waals surface area (Å²) < 4.78 is 0. The molecule has 1 aromatic rings. The third-order valence-electron chi connectivity index (χ3n) is 3.93. The number of alkyl halides is 1. The first kappa shape index (κ1) is 17.3. The highest BCUT2D eigenvalue weighted by Gasteiger charge is 2.08. The first-order valence-corrected chi connectivity index (χ1v) is 8.32. The van der Waals surface area contributed by atoms with Crippen molar-refractivity contribution in [2.45, 2.75) is 40.0 Å². The number of halogens is 1. The van der Waals surface area contributed by atoms with Crippen LogP contribution in [0.3, 0.4) is 0 Å². The minimum atomic E-state index is 0.592. The fraction of sp³-hybridized carbons (Fsp3) is 0.647. The van der Waals surface area contributed by atoms with Crippen molar-refractivity contribution in [3.05, 3.63) is 29.3 Å². The number of rotatable bonds is 9. The van der Waals surface area contributed by atoms with Gasteiger partial charge in [-0.05, 0) is 57.1 Å². The molecular formula is C17H29ClN2. The number of nitrogens with zero attached hydrogens (tertiary/aromatic N) is 2. The predicted molar refractivity (Wildman–Crippen MR) is 91.0 cm³/mol. The van der Waals surface area contributed by atoms with Crippen LogP contribution in [0.4, 0.5) is 5.69 Å². The second-order valence-electron chi connectivity index (χ2n) is 5.21. The second kappa shape index (κ2) is 9.25. The van der Waals surface area contributed by atoms with Gasteiger partial charge < -0.3 is 9.80 Å². The van der Waals surface area contributed by atoms with E-state index in [0.29, 0.717) is 5.88 Å². The minimum Gasteiger partial charge on any atom is -0.372 e. The van der Waals surface area contributed by atoms with E-state index >= 15 is 0 Å². The smallest absolute Gasteiger partial charge is 0.0474 e. The summed E-state index contributed by atoms with van der Waals surface area (Å²) in [6.45, 7) is 14.5. The van der Waals surface area contributed by atoms with Crippen molar-refractivity contribution < 1.29 is 0 Å². The van der Waals surface area contributed by atoms with Gasteiger partial charge >= 0.3 is 0 Å². The summed E-state index contributed by atoms with van der Waals surface area (Å²) in [5, 5.41) is 0. The molecule has 0 saturated heterocycles. The number of benzene rings is 1. The first-order chi connectivity index (χ1) is 9.65. The van der Waals surface area contributed by atoms with Crippen molar-refractivity contribution in [2.75, 3.05) is 37.6 Å². The molecule has 0 N–H and O–H groups in total. The molecule has 0 aliphatic rings. The van der Waals surface area contributed by atoms with Crippen molar-refractivity contribution in [3.63, 3.8) is 0 Å². The van der Waals surface area contributed by atoms with E-state index in [1.165, 1.54) is 29.8 Å². The van der Waals surface area contributed by atoms with E-state index in [-0.39, 0.29) is 0 Å². The van der Waals surface area contributed by atoms with Crippen molar-refractivity contribution in [2.24, 2.45) is 0 Å². The lowest BCUT2D eigenvalue weighted by Gasteiger charge is -2.27. The molecule has 0 aromatic heterocycles. The van der Waals surface area contributed by atoms with Gasteiger partial charge in [0.1, 0.15) is 0 Å². The van der Waals surface area contributed by atoms with Crippen LogP contribution in [0.25, 0.3) is 0 Å². The molecule has 0 atom stereocenters. The Kier molecular flexibility index (Phi) is 8.01. The Hall–Kier alpha value is -0.730. The standard InChI is InChI=1S/C17H29ClN2/c1-5-19(6-2)11-8-12-20(7-3)17-10-9-16(14-18)13-15(17)4/h9-10,13H,5-8,11-12,14H2,1-4H3. The van der Waals surface area contributed by atoms with Crippen LogP contribution in [0, 0.1) is 6.92 Å². The molecule has 0 saturated carbocycles. The maximum absolute atomic E-state index is 5.90. The van der Waals surface area contributed by atoms with Crippen molar-refractivity contribution >= 4 is 17.3 Å². The Labute approximate surface area is 129 Å². The van der Waals surface area contributed by atoms with Gasteiger partial charge in [-0.2, -0.15) is 0 Å². The van der Waals surface area contributed by atoms with E-state index in [2.05, 4.69) is 55.7 Å². The lowest BCUT2D eigenvalue weighted by atomic mass is 10.1. The van der Waals surface area contributed by atoms with Crippen molar-refractivity contribution in [3.8, 4) is 0 Å². The maximum Gasteiger partial charge on any atom is 0.0474 e. The first-order valence-electron chi connectivity index (χ1n) is 7.78. The van der Waals surface area contributed by atoms with Gasteiger partial charge in [0, 0.05) is 24.7 Å². The normalized spacial score (nSPS) is 11.1. The fourth-order valence-corrected chi connectivity index (χ4v) is 2.80. The molecule has 1 rings (SSSR count). The largest absolute Gasteiger partial charge is 0.372 e. The predicted octanol–water partition coefficient (Wildman–Crippen LogP) is 4.29. The monoisotopic (exact) mass is 296 g/mol. The van der Waals surface area contributed by atoms with Gasteiger partial charge in [0.25, 0.3) is 0 Å². The van der Waals surface area contributed by atoms with Gasteiger partial charge in [-0.3, -0.25) is 0 Å². The number of hydrogen-bond donors (Lipinski definition) is 0. The Morgan fingerprint density at radius 1 is 1.00 bits per heavy atom. The third kappa shape index (κ3) is 4.99. The lowest BCUT2D eigenvalue weighted by Crippen LogP contribution is -2.30. The molecule has 3 heteroatoms. The van der Waals surface area contributed by atoms with Gasteiger partial charge in [0.05, 0.1) is 0 Å². The average Bonchev–Trinajstić information content (AvgIpc) is 2.48. The zero-order valence-electron chi connectivity index (χ0n) is 13.5. The molecule has 0 heterocycles. The van der Waals surface area contributed by atoms with Crippen LogP contribution in [0.5, 0.6) is 0 Å². The van der Waals surface area contributed by atoms with Gasteiger partial charge in [-0.25, -0.2) is 0 Å². The van der Waals surface area contributed by atoms with Crippen LogP contribution in [0.1, 0.15) is 38.3 Å². The molecule has 0 unspecified atom stereocenters. The molecular weight excluding hydrogens is 268 g/mol. The Morgan fingerprint density at radius 3 is 2.20 bits per heavy atom. The van der Waals surface area contributed by atoms with E-state index in [1.54, 1.807) is 0 Å². The number of hydrogen-bond acceptors (Lipinski definition) is 2. The molecule has 0 amide bonds. The maximum atomic E-state index is 5.90. The van der Waals surface area contributed by atoms with Gasteiger partial charge in [-0.1, -0.05) is 26.0 Å². The zero-order chi connectivity index (χ0) is 15.0. The fourth-order valence-electron chi connectivity index (χ4n) is 2.63. The van der Waals surface area contributed by atoms with Gasteiger partial charge in [0.2, 0.25) is 0 Å². The molecule has 2 nitrogen and oxygen atoms in total. The van der Waals surface area contributed by atoms with Crippen LogP contribution in [-0.2, 0) is 5.88 Å². The molecule has 0 aliphatic heterocycles. The Bertz CT molecular complexity index is 389. The average molecular weight is 297 g/mol. The Morgan fingerprint density at radius 2 is 1.70 bits per heavy atom. The summed E-state index contributed by atoms with van der Waals surface area (Å²) in [5.41, 5.74) is 3.88. The molecule has 0 bridgehead atoms. The molecule has 0 aliphatic carbocycles. The summed E-state index contributed by atoms with van der Waals surface area (Å²) in [5.74, 6) is 0.592. The molecule has 114 valence electrons. The third-order valence-corrected chi connectivity index (χ3v) is 4.24. The highest BCUT2D eigenvalue weighted by atomic mass is 35.5. The summed E-state index contributed by atoms with van der Waals surface area (Å²) in [6, 6.07) is 6.56.